The van der Waals surface area contributed by atoms with Gasteiger partial charge in [0.2, 0.25) is 0 Å². The Balaban J connectivity index is 2.34. The third kappa shape index (κ3) is 2.14. The van der Waals surface area contributed by atoms with Gasteiger partial charge in [-0.15, -0.1) is 0 Å². The number of carboxylic acid groups (broad SMARTS) is 1. The first-order chi connectivity index (χ1) is 7.66. The van der Waals surface area contributed by atoms with Crippen molar-refractivity contribution >= 4 is 22.4 Å². The van der Waals surface area contributed by atoms with Gasteiger partial charge >= 0.3 is 6.09 Å². The van der Waals surface area contributed by atoms with Crippen LogP contribution in [0.2, 0.25) is 0 Å². The molecule has 2 rings (SSSR count). The number of thiazole rings is 1. The lowest BCUT2D eigenvalue weighted by Crippen LogP contribution is -2.06. The molecule has 6 nitrogen and oxygen atoms in total. The number of rotatable bonds is 2. The standard InChI is InChI=1S/C9H8N4O2S/c1-5-7(13-9(14)15)16-8(12-5)6-2-10-4-11-3-6/h2-4,13H,1H3,(H,14,15). The lowest BCUT2D eigenvalue weighted by atomic mass is 10.4. The summed E-state index contributed by atoms with van der Waals surface area (Å²) in [6, 6.07) is 0. The molecule has 0 saturated carbocycles. The minimum absolute atomic E-state index is 0.520. The summed E-state index contributed by atoms with van der Waals surface area (Å²) in [6.07, 6.45) is 3.61. The number of nitrogens with zero attached hydrogens (tertiary/aromatic N) is 3. The number of anilines is 1. The fourth-order valence-corrected chi connectivity index (χ4v) is 2.07. The van der Waals surface area contributed by atoms with Crippen molar-refractivity contribution in [3.05, 3.63) is 24.4 Å². The Labute approximate surface area is 95.0 Å². The monoisotopic (exact) mass is 236 g/mol. The smallest absolute Gasteiger partial charge is 0.409 e. The van der Waals surface area contributed by atoms with Crippen LogP contribution in [0, 0.1) is 6.92 Å². The quantitative estimate of drug-likeness (QED) is 0.832. The van der Waals surface area contributed by atoms with Crippen LogP contribution in [0.1, 0.15) is 5.69 Å². The van der Waals surface area contributed by atoms with E-state index in [0.717, 1.165) is 5.56 Å². The molecular formula is C9H8N4O2S. The van der Waals surface area contributed by atoms with Gasteiger partial charge in [-0.3, -0.25) is 5.32 Å². The molecule has 2 N–H and O–H groups in total. The molecule has 0 aliphatic carbocycles. The van der Waals surface area contributed by atoms with E-state index in [1.165, 1.54) is 17.7 Å². The molecule has 0 spiro atoms. The first-order valence-corrected chi connectivity index (χ1v) is 5.21. The van der Waals surface area contributed by atoms with E-state index in [0.29, 0.717) is 15.7 Å². The van der Waals surface area contributed by atoms with Crippen LogP contribution in [0.4, 0.5) is 9.80 Å². The Kier molecular flexibility index (Phi) is 2.78. The number of carbonyl (C=O) groups is 1. The van der Waals surface area contributed by atoms with Crippen molar-refractivity contribution in [3.63, 3.8) is 0 Å². The number of aryl methyl sites for hydroxylation is 1. The molecular weight excluding hydrogens is 228 g/mol. The van der Waals surface area contributed by atoms with E-state index in [1.807, 2.05) is 0 Å². The highest BCUT2D eigenvalue weighted by Gasteiger charge is 2.11. The zero-order valence-electron chi connectivity index (χ0n) is 8.34. The SMILES string of the molecule is Cc1nc(-c2cncnc2)sc1NC(=O)O. The van der Waals surface area contributed by atoms with Crippen LogP contribution in [0.3, 0.4) is 0 Å². The third-order valence-corrected chi connectivity index (χ3v) is 2.95. The molecule has 0 aromatic carbocycles. The van der Waals surface area contributed by atoms with Crippen LogP contribution in [0.15, 0.2) is 18.7 Å². The lowest BCUT2D eigenvalue weighted by Gasteiger charge is -1.94. The van der Waals surface area contributed by atoms with Gasteiger partial charge in [-0.2, -0.15) is 0 Å². The van der Waals surface area contributed by atoms with Crippen molar-refractivity contribution in [1.82, 2.24) is 15.0 Å². The van der Waals surface area contributed by atoms with Gasteiger partial charge in [0.25, 0.3) is 0 Å². The highest BCUT2D eigenvalue weighted by Crippen LogP contribution is 2.30. The number of hydrogen-bond acceptors (Lipinski definition) is 5. The second kappa shape index (κ2) is 4.23. The summed E-state index contributed by atoms with van der Waals surface area (Å²) in [5, 5.41) is 12.1. The molecule has 0 bridgehead atoms. The predicted molar refractivity (Wildman–Crippen MR) is 59.5 cm³/mol. The Morgan fingerprint density at radius 1 is 1.44 bits per heavy atom. The molecule has 2 aromatic heterocycles. The first-order valence-electron chi connectivity index (χ1n) is 4.39. The van der Waals surface area contributed by atoms with Crippen LogP contribution < -0.4 is 5.32 Å². The fraction of sp³-hybridized carbons (Fsp3) is 0.111. The van der Waals surface area contributed by atoms with Crippen LogP contribution in [0.25, 0.3) is 10.6 Å². The Hall–Kier alpha value is -2.02. The van der Waals surface area contributed by atoms with Gasteiger partial charge in [0, 0.05) is 18.0 Å². The highest BCUT2D eigenvalue weighted by molar-refractivity contribution is 7.19. The molecule has 0 fully saturated rings. The van der Waals surface area contributed by atoms with Gasteiger partial charge in [-0.25, -0.2) is 19.7 Å². The summed E-state index contributed by atoms with van der Waals surface area (Å²) in [5.74, 6) is 0. The van der Waals surface area contributed by atoms with Crippen molar-refractivity contribution in [3.8, 4) is 10.6 Å². The Bertz CT molecular complexity index is 511. The van der Waals surface area contributed by atoms with E-state index in [4.69, 9.17) is 5.11 Å². The Morgan fingerprint density at radius 3 is 2.75 bits per heavy atom. The number of nitrogens with one attached hydrogen (secondary N) is 1. The zero-order valence-corrected chi connectivity index (χ0v) is 9.15. The Morgan fingerprint density at radius 2 is 2.12 bits per heavy atom. The average molecular weight is 236 g/mol. The van der Waals surface area contributed by atoms with E-state index in [9.17, 15) is 4.79 Å². The molecule has 1 amide bonds. The predicted octanol–water partition coefficient (Wildman–Crippen LogP) is 2.00. The molecule has 7 heteroatoms. The van der Waals surface area contributed by atoms with Crippen molar-refractivity contribution < 1.29 is 9.90 Å². The zero-order chi connectivity index (χ0) is 11.5. The third-order valence-electron chi connectivity index (χ3n) is 1.82. The molecule has 0 aliphatic rings. The molecule has 2 heterocycles. The fourth-order valence-electron chi connectivity index (χ4n) is 1.14. The molecule has 0 unspecified atom stereocenters. The van der Waals surface area contributed by atoms with Crippen molar-refractivity contribution in [2.75, 3.05) is 5.32 Å². The van der Waals surface area contributed by atoms with E-state index >= 15 is 0 Å². The molecule has 2 aromatic rings. The van der Waals surface area contributed by atoms with Crippen LogP contribution >= 0.6 is 11.3 Å². The molecule has 0 radical (unpaired) electrons. The normalized spacial score (nSPS) is 10.1. The summed E-state index contributed by atoms with van der Waals surface area (Å²) >= 11 is 1.26. The number of aromatic nitrogens is 3. The minimum Gasteiger partial charge on any atom is -0.465 e. The van der Waals surface area contributed by atoms with Crippen molar-refractivity contribution in [1.29, 1.82) is 0 Å². The van der Waals surface area contributed by atoms with Gasteiger partial charge in [-0.1, -0.05) is 11.3 Å². The number of amides is 1. The van der Waals surface area contributed by atoms with Crippen LogP contribution in [-0.2, 0) is 0 Å². The largest absolute Gasteiger partial charge is 0.465 e. The summed E-state index contributed by atoms with van der Waals surface area (Å²) < 4.78 is 0. The van der Waals surface area contributed by atoms with Crippen molar-refractivity contribution in [2.45, 2.75) is 6.92 Å². The summed E-state index contributed by atoms with van der Waals surface area (Å²) in [6.45, 7) is 1.75. The maximum absolute atomic E-state index is 10.5. The maximum atomic E-state index is 10.5. The van der Waals surface area contributed by atoms with Crippen molar-refractivity contribution in [2.24, 2.45) is 0 Å². The highest BCUT2D eigenvalue weighted by atomic mass is 32.1. The van der Waals surface area contributed by atoms with E-state index in [-0.39, 0.29) is 0 Å². The van der Waals surface area contributed by atoms with E-state index in [2.05, 4.69) is 20.3 Å². The van der Waals surface area contributed by atoms with Crippen LogP contribution in [0.5, 0.6) is 0 Å². The average Bonchev–Trinajstić information content (AvgIpc) is 2.61. The van der Waals surface area contributed by atoms with Gasteiger partial charge in [0.1, 0.15) is 16.3 Å². The first kappa shape index (κ1) is 10.5. The number of hydrogen-bond donors (Lipinski definition) is 2. The van der Waals surface area contributed by atoms with Gasteiger partial charge in [0.05, 0.1) is 5.69 Å². The van der Waals surface area contributed by atoms with Crippen LogP contribution in [-0.4, -0.2) is 26.2 Å². The second-order valence-corrected chi connectivity index (χ2v) is 3.99. The van der Waals surface area contributed by atoms with Gasteiger partial charge in [0.15, 0.2) is 0 Å². The minimum atomic E-state index is -1.09. The molecule has 0 atom stereocenters. The van der Waals surface area contributed by atoms with Gasteiger partial charge < -0.3 is 5.11 Å². The van der Waals surface area contributed by atoms with E-state index in [1.54, 1.807) is 19.3 Å². The van der Waals surface area contributed by atoms with Gasteiger partial charge in [-0.05, 0) is 6.92 Å². The van der Waals surface area contributed by atoms with E-state index < -0.39 is 6.09 Å². The maximum Gasteiger partial charge on any atom is 0.409 e. The second-order valence-electron chi connectivity index (χ2n) is 2.99. The topological polar surface area (TPSA) is 88.0 Å². The summed E-state index contributed by atoms with van der Waals surface area (Å²) in [4.78, 5) is 22.5. The lowest BCUT2D eigenvalue weighted by molar-refractivity contribution is 0.210. The summed E-state index contributed by atoms with van der Waals surface area (Å²) in [5.41, 5.74) is 1.42. The molecule has 0 aliphatic heterocycles. The molecule has 0 saturated heterocycles. The molecule has 16 heavy (non-hydrogen) atoms. The molecule has 82 valence electrons. The summed E-state index contributed by atoms with van der Waals surface area (Å²) in [7, 11) is 0.